The third-order valence-corrected chi connectivity index (χ3v) is 4.78. The van der Waals surface area contributed by atoms with Gasteiger partial charge in [-0.05, 0) is 42.5 Å². The Morgan fingerprint density at radius 3 is 2.67 bits per heavy atom. The number of allylic oxidation sites excluding steroid dienone is 1. The summed E-state index contributed by atoms with van der Waals surface area (Å²) in [6, 6.07) is 15.2. The van der Waals surface area contributed by atoms with Crippen LogP contribution in [0.2, 0.25) is 5.02 Å². The number of hydrogen-bond donors (Lipinski definition) is 0. The van der Waals surface area contributed by atoms with Crippen LogP contribution >= 0.6 is 11.6 Å². The van der Waals surface area contributed by atoms with Crippen LogP contribution in [0.4, 0.5) is 4.39 Å². The first-order valence-corrected chi connectivity index (χ1v) is 9.23. The van der Waals surface area contributed by atoms with Crippen molar-refractivity contribution in [3.63, 3.8) is 0 Å². The van der Waals surface area contributed by atoms with Crippen molar-refractivity contribution < 1.29 is 28.2 Å². The summed E-state index contributed by atoms with van der Waals surface area (Å²) in [5, 5.41) is 0.154. The molecule has 5 nitrogen and oxygen atoms in total. The van der Waals surface area contributed by atoms with E-state index in [4.69, 9.17) is 25.8 Å². The van der Waals surface area contributed by atoms with Gasteiger partial charge in [-0.2, -0.15) is 0 Å². The molecule has 3 aromatic rings. The second kappa shape index (κ2) is 8.00. The molecule has 0 aliphatic carbocycles. The molecular formula is C23H14ClFO5. The fraction of sp³-hybridized carbons (Fsp3) is 0.0435. The molecule has 1 aliphatic rings. The average Bonchev–Trinajstić information content (AvgIpc) is 3.05. The van der Waals surface area contributed by atoms with Crippen LogP contribution < -0.4 is 14.2 Å². The molecule has 0 amide bonds. The van der Waals surface area contributed by atoms with Crippen LogP contribution in [0.1, 0.15) is 26.3 Å². The third-order valence-electron chi connectivity index (χ3n) is 4.45. The molecule has 0 saturated heterocycles. The van der Waals surface area contributed by atoms with Gasteiger partial charge in [0.05, 0.1) is 17.7 Å². The van der Waals surface area contributed by atoms with Crippen molar-refractivity contribution in [2.45, 2.75) is 0 Å². The van der Waals surface area contributed by atoms with Crippen LogP contribution in [0.3, 0.4) is 0 Å². The van der Waals surface area contributed by atoms with E-state index in [1.807, 2.05) is 0 Å². The molecule has 3 aromatic carbocycles. The summed E-state index contributed by atoms with van der Waals surface area (Å²) in [5.74, 6) is -0.940. The van der Waals surface area contributed by atoms with E-state index in [1.165, 1.54) is 49.6 Å². The number of Topliss-reactive ketones (excluding diaryl/α,β-unsaturated/α-hetero) is 1. The Morgan fingerprint density at radius 2 is 1.90 bits per heavy atom. The molecule has 7 heteroatoms. The summed E-state index contributed by atoms with van der Waals surface area (Å²) in [4.78, 5) is 25.0. The number of hydrogen-bond acceptors (Lipinski definition) is 5. The Balaban J connectivity index is 1.59. The normalized spacial score (nSPS) is 13.7. The lowest BCUT2D eigenvalue weighted by molar-refractivity contribution is 0.0731. The van der Waals surface area contributed by atoms with Gasteiger partial charge in [-0.25, -0.2) is 9.18 Å². The fourth-order valence-electron chi connectivity index (χ4n) is 2.99. The monoisotopic (exact) mass is 424 g/mol. The highest BCUT2D eigenvalue weighted by atomic mass is 35.5. The Labute approximate surface area is 176 Å². The molecule has 0 N–H and O–H groups in total. The van der Waals surface area contributed by atoms with Gasteiger partial charge in [0, 0.05) is 11.6 Å². The van der Waals surface area contributed by atoms with E-state index in [9.17, 15) is 14.0 Å². The average molecular weight is 425 g/mol. The third kappa shape index (κ3) is 3.65. The standard InChI is InChI=1S/C23H14ClFO5/c1-28-19-8-3-2-5-15(19)23(27)29-13-9-10-14-20(11-13)30-21(22(14)26)12-16-17(24)6-4-7-18(16)25/h2-12H,1H3. The van der Waals surface area contributed by atoms with E-state index in [1.54, 1.807) is 24.3 Å². The van der Waals surface area contributed by atoms with Gasteiger partial charge in [-0.3, -0.25) is 4.79 Å². The quantitative estimate of drug-likeness (QED) is 0.322. The number of fused-ring (bicyclic) bond motifs is 1. The lowest BCUT2D eigenvalue weighted by atomic mass is 10.1. The number of ketones is 1. The highest BCUT2D eigenvalue weighted by Crippen LogP contribution is 2.36. The maximum atomic E-state index is 14.0. The molecule has 0 bridgehead atoms. The van der Waals surface area contributed by atoms with Crippen molar-refractivity contribution in [3.05, 3.63) is 94.0 Å². The molecule has 0 atom stereocenters. The van der Waals surface area contributed by atoms with E-state index in [0.29, 0.717) is 5.75 Å². The number of esters is 1. The second-order valence-corrected chi connectivity index (χ2v) is 6.73. The number of methoxy groups -OCH3 is 1. The zero-order valence-corrected chi connectivity index (χ0v) is 16.4. The van der Waals surface area contributed by atoms with E-state index in [0.717, 1.165) is 0 Å². The maximum absolute atomic E-state index is 14.0. The first kappa shape index (κ1) is 19.7. The molecule has 150 valence electrons. The summed E-state index contributed by atoms with van der Waals surface area (Å²) < 4.78 is 30.2. The molecular weight excluding hydrogens is 411 g/mol. The van der Waals surface area contributed by atoms with Gasteiger partial charge in [0.15, 0.2) is 5.76 Å². The van der Waals surface area contributed by atoms with Gasteiger partial charge in [0.25, 0.3) is 0 Å². The van der Waals surface area contributed by atoms with Crippen molar-refractivity contribution in [2.75, 3.05) is 7.11 Å². The fourth-order valence-corrected chi connectivity index (χ4v) is 3.20. The van der Waals surface area contributed by atoms with Gasteiger partial charge in [-0.1, -0.05) is 29.8 Å². The minimum absolute atomic E-state index is 0.0538. The first-order chi connectivity index (χ1) is 14.5. The van der Waals surface area contributed by atoms with Crippen LogP contribution in [0, 0.1) is 5.82 Å². The predicted octanol–water partition coefficient (Wildman–Crippen LogP) is 5.32. The van der Waals surface area contributed by atoms with Crippen LogP contribution in [0.25, 0.3) is 6.08 Å². The number of para-hydroxylation sites is 1. The maximum Gasteiger partial charge on any atom is 0.347 e. The highest BCUT2D eigenvalue weighted by Gasteiger charge is 2.29. The van der Waals surface area contributed by atoms with Crippen molar-refractivity contribution in [1.29, 1.82) is 0 Å². The van der Waals surface area contributed by atoms with Crippen molar-refractivity contribution in [2.24, 2.45) is 0 Å². The van der Waals surface area contributed by atoms with E-state index in [2.05, 4.69) is 0 Å². The Hall–Kier alpha value is -3.64. The van der Waals surface area contributed by atoms with Crippen molar-refractivity contribution in [1.82, 2.24) is 0 Å². The second-order valence-electron chi connectivity index (χ2n) is 6.32. The lowest BCUT2D eigenvalue weighted by Gasteiger charge is -2.08. The summed E-state index contributed by atoms with van der Waals surface area (Å²) in [7, 11) is 1.46. The summed E-state index contributed by atoms with van der Waals surface area (Å²) in [6.45, 7) is 0. The number of benzene rings is 3. The lowest BCUT2D eigenvalue weighted by Crippen LogP contribution is -2.10. The summed E-state index contributed by atoms with van der Waals surface area (Å²) in [6.07, 6.45) is 1.25. The van der Waals surface area contributed by atoms with E-state index < -0.39 is 17.6 Å². The molecule has 4 rings (SSSR count). The SMILES string of the molecule is COc1ccccc1C(=O)Oc1ccc2c(c1)OC(=Cc1c(F)cccc1Cl)C2=O. The highest BCUT2D eigenvalue weighted by molar-refractivity contribution is 6.32. The van der Waals surface area contributed by atoms with E-state index >= 15 is 0 Å². The number of rotatable bonds is 4. The van der Waals surface area contributed by atoms with Gasteiger partial charge in [0.2, 0.25) is 5.78 Å². The molecule has 1 aliphatic heterocycles. The number of ether oxygens (including phenoxy) is 3. The number of carbonyl (C=O) groups is 2. The first-order valence-electron chi connectivity index (χ1n) is 8.85. The van der Waals surface area contributed by atoms with Crippen molar-refractivity contribution in [3.8, 4) is 17.2 Å². The Morgan fingerprint density at radius 1 is 1.10 bits per heavy atom. The van der Waals surface area contributed by atoms with Gasteiger partial charge in [-0.15, -0.1) is 0 Å². The van der Waals surface area contributed by atoms with E-state index in [-0.39, 0.29) is 39.0 Å². The largest absolute Gasteiger partial charge is 0.496 e. The zero-order chi connectivity index (χ0) is 21.3. The molecule has 0 fully saturated rings. The molecule has 0 radical (unpaired) electrons. The van der Waals surface area contributed by atoms with Crippen LogP contribution in [-0.2, 0) is 0 Å². The van der Waals surface area contributed by atoms with Crippen LogP contribution in [-0.4, -0.2) is 18.9 Å². The minimum Gasteiger partial charge on any atom is -0.496 e. The van der Waals surface area contributed by atoms with Gasteiger partial charge in [0.1, 0.15) is 28.6 Å². The predicted molar refractivity (Wildman–Crippen MR) is 109 cm³/mol. The Kier molecular flexibility index (Phi) is 5.25. The molecule has 0 spiro atoms. The smallest absolute Gasteiger partial charge is 0.347 e. The number of carbonyl (C=O) groups excluding carboxylic acids is 2. The molecule has 1 heterocycles. The summed E-state index contributed by atoms with van der Waals surface area (Å²) in [5.41, 5.74) is 0.580. The zero-order valence-electron chi connectivity index (χ0n) is 15.6. The number of halogens is 2. The molecule has 0 aromatic heterocycles. The van der Waals surface area contributed by atoms with Crippen LogP contribution in [0.15, 0.2) is 66.4 Å². The molecule has 30 heavy (non-hydrogen) atoms. The van der Waals surface area contributed by atoms with Crippen LogP contribution in [0.5, 0.6) is 17.2 Å². The molecule has 0 unspecified atom stereocenters. The minimum atomic E-state index is -0.620. The van der Waals surface area contributed by atoms with Gasteiger partial charge >= 0.3 is 5.97 Å². The topological polar surface area (TPSA) is 61.8 Å². The summed E-state index contributed by atoms with van der Waals surface area (Å²) >= 11 is 6.01. The van der Waals surface area contributed by atoms with Gasteiger partial charge < -0.3 is 14.2 Å². The van der Waals surface area contributed by atoms with Crippen molar-refractivity contribution >= 4 is 29.4 Å². The Bertz CT molecular complexity index is 1180. The molecule has 0 saturated carbocycles.